The van der Waals surface area contributed by atoms with Crippen LogP contribution in [0.4, 0.5) is 5.69 Å². The van der Waals surface area contributed by atoms with E-state index in [1.165, 1.54) is 10.3 Å². The number of aryl methyl sites for hydroxylation is 1. The highest BCUT2D eigenvalue weighted by atomic mass is 32.1. The van der Waals surface area contributed by atoms with Gasteiger partial charge in [0.1, 0.15) is 11.0 Å². The summed E-state index contributed by atoms with van der Waals surface area (Å²) in [5.41, 5.74) is 3.98. The average molecular weight is 408 g/mol. The van der Waals surface area contributed by atoms with E-state index < -0.39 is 6.04 Å². The highest BCUT2D eigenvalue weighted by Crippen LogP contribution is 2.31. The van der Waals surface area contributed by atoms with Crippen LogP contribution < -0.4 is 5.32 Å². The van der Waals surface area contributed by atoms with Crippen LogP contribution in [0.5, 0.6) is 0 Å². The van der Waals surface area contributed by atoms with Crippen LogP contribution >= 0.6 is 11.3 Å². The van der Waals surface area contributed by atoms with E-state index in [0.29, 0.717) is 13.0 Å². The Kier molecular flexibility index (Phi) is 5.37. The minimum atomic E-state index is -0.433. The molecule has 0 saturated carbocycles. The Hall–Kier alpha value is -2.73. The zero-order valence-corrected chi connectivity index (χ0v) is 17.8. The van der Waals surface area contributed by atoms with Crippen LogP contribution in [0.25, 0.3) is 20.8 Å². The molecule has 150 valence electrons. The summed E-state index contributed by atoms with van der Waals surface area (Å²) < 4.78 is 1.17. The fourth-order valence-corrected chi connectivity index (χ4v) is 4.90. The number of carbonyl (C=O) groups excluding carboxylic acids is 2. The number of likely N-dealkylation sites (tertiary alicyclic amines) is 1. The van der Waals surface area contributed by atoms with Gasteiger partial charge in [0.15, 0.2) is 0 Å². The summed E-state index contributed by atoms with van der Waals surface area (Å²) in [6, 6.07) is 13.6. The lowest BCUT2D eigenvalue weighted by Gasteiger charge is -2.29. The summed E-state index contributed by atoms with van der Waals surface area (Å²) in [7, 11) is 0. The second kappa shape index (κ2) is 7.95. The van der Waals surface area contributed by atoms with E-state index in [4.69, 9.17) is 4.98 Å². The summed E-state index contributed by atoms with van der Waals surface area (Å²) in [5, 5.41) is 3.95. The first-order valence-corrected chi connectivity index (χ1v) is 10.8. The largest absolute Gasteiger partial charge is 0.330 e. The van der Waals surface area contributed by atoms with Crippen molar-refractivity contribution in [3.8, 4) is 10.6 Å². The van der Waals surface area contributed by atoms with Gasteiger partial charge in [-0.1, -0.05) is 19.9 Å². The Bertz CT molecular complexity index is 1060. The maximum absolute atomic E-state index is 12.9. The standard InChI is InChI=1S/C23H25N3O2S/c1-14(2)21(26-12-4-5-20(26)27)22(28)24-17-9-7-16(8-10-17)23-25-18-11-6-15(3)13-19(18)29-23/h6-11,13-14,21H,4-5,12H2,1-3H3,(H,24,28). The molecule has 1 atom stereocenters. The number of thiazole rings is 1. The van der Waals surface area contributed by atoms with Crippen molar-refractivity contribution in [2.75, 3.05) is 11.9 Å². The van der Waals surface area contributed by atoms with Crippen molar-refractivity contribution >= 4 is 39.1 Å². The number of aromatic nitrogens is 1. The third-order valence-electron chi connectivity index (χ3n) is 5.29. The SMILES string of the molecule is Cc1ccc2nc(-c3ccc(NC(=O)C(C(C)C)N4CCCC4=O)cc3)sc2c1. The van der Waals surface area contributed by atoms with Gasteiger partial charge in [0.2, 0.25) is 11.8 Å². The molecule has 0 aliphatic carbocycles. The number of benzene rings is 2. The molecular formula is C23H25N3O2S. The van der Waals surface area contributed by atoms with Crippen LogP contribution in [-0.2, 0) is 9.59 Å². The van der Waals surface area contributed by atoms with Gasteiger partial charge < -0.3 is 10.2 Å². The molecule has 2 amide bonds. The first-order valence-electron chi connectivity index (χ1n) is 10.0. The molecule has 4 rings (SSSR count). The Labute approximate surface area is 174 Å². The van der Waals surface area contributed by atoms with Crippen LogP contribution in [0.1, 0.15) is 32.3 Å². The van der Waals surface area contributed by atoms with E-state index in [0.717, 1.165) is 28.2 Å². The molecule has 5 nitrogen and oxygen atoms in total. The van der Waals surface area contributed by atoms with Gasteiger partial charge in [0.05, 0.1) is 10.2 Å². The van der Waals surface area contributed by atoms with E-state index in [2.05, 4.69) is 24.4 Å². The van der Waals surface area contributed by atoms with Crippen LogP contribution in [-0.4, -0.2) is 34.3 Å². The number of nitrogens with one attached hydrogen (secondary N) is 1. The summed E-state index contributed by atoms with van der Waals surface area (Å²) >= 11 is 1.67. The molecule has 2 aromatic carbocycles. The van der Waals surface area contributed by atoms with Gasteiger partial charge in [0, 0.05) is 24.2 Å². The number of rotatable bonds is 5. The molecule has 1 aromatic heterocycles. The van der Waals surface area contributed by atoms with Crippen molar-refractivity contribution in [1.82, 2.24) is 9.88 Å². The fourth-order valence-electron chi connectivity index (χ4n) is 3.83. The van der Waals surface area contributed by atoms with Gasteiger partial charge in [-0.15, -0.1) is 11.3 Å². The van der Waals surface area contributed by atoms with Crippen molar-refractivity contribution < 1.29 is 9.59 Å². The molecule has 6 heteroatoms. The summed E-state index contributed by atoms with van der Waals surface area (Å²) in [6.07, 6.45) is 1.36. The molecule has 1 aliphatic heterocycles. The molecule has 1 fully saturated rings. The zero-order valence-electron chi connectivity index (χ0n) is 16.9. The smallest absolute Gasteiger partial charge is 0.247 e. The Balaban J connectivity index is 1.51. The third kappa shape index (κ3) is 4.03. The molecule has 0 spiro atoms. The predicted octanol–water partition coefficient (Wildman–Crippen LogP) is 4.86. The van der Waals surface area contributed by atoms with Crippen molar-refractivity contribution in [1.29, 1.82) is 0 Å². The maximum atomic E-state index is 12.9. The number of anilines is 1. The van der Waals surface area contributed by atoms with Gasteiger partial charge in [-0.05, 0) is 61.2 Å². The molecule has 1 N–H and O–H groups in total. The van der Waals surface area contributed by atoms with Gasteiger partial charge >= 0.3 is 0 Å². The average Bonchev–Trinajstić information content (AvgIpc) is 3.28. The van der Waals surface area contributed by atoms with E-state index >= 15 is 0 Å². The highest BCUT2D eigenvalue weighted by molar-refractivity contribution is 7.21. The van der Waals surface area contributed by atoms with E-state index in [1.54, 1.807) is 16.2 Å². The molecule has 0 radical (unpaired) electrons. The number of hydrogen-bond donors (Lipinski definition) is 1. The van der Waals surface area contributed by atoms with Crippen molar-refractivity contribution in [2.24, 2.45) is 5.92 Å². The van der Waals surface area contributed by atoms with Gasteiger partial charge in [0.25, 0.3) is 0 Å². The number of nitrogens with zero attached hydrogens (tertiary/aromatic N) is 2. The number of fused-ring (bicyclic) bond motifs is 1. The topological polar surface area (TPSA) is 62.3 Å². The molecule has 1 aliphatic rings. The summed E-state index contributed by atoms with van der Waals surface area (Å²) in [5.74, 6) is 0.00117. The summed E-state index contributed by atoms with van der Waals surface area (Å²) in [4.78, 5) is 31.4. The lowest BCUT2D eigenvalue weighted by Crippen LogP contribution is -2.47. The normalized spacial score (nSPS) is 15.3. The lowest BCUT2D eigenvalue weighted by molar-refractivity contribution is -0.136. The van der Waals surface area contributed by atoms with Crippen molar-refractivity contribution in [2.45, 2.75) is 39.7 Å². The van der Waals surface area contributed by atoms with Crippen molar-refractivity contribution in [3.63, 3.8) is 0 Å². The van der Waals surface area contributed by atoms with Gasteiger partial charge in [-0.3, -0.25) is 9.59 Å². The Morgan fingerprint density at radius 1 is 1.17 bits per heavy atom. The minimum Gasteiger partial charge on any atom is -0.330 e. The predicted molar refractivity (Wildman–Crippen MR) is 118 cm³/mol. The van der Waals surface area contributed by atoms with E-state index in [1.807, 2.05) is 44.2 Å². The third-order valence-corrected chi connectivity index (χ3v) is 6.36. The second-order valence-corrected chi connectivity index (χ2v) is 8.97. The Morgan fingerprint density at radius 2 is 1.93 bits per heavy atom. The van der Waals surface area contributed by atoms with Crippen molar-refractivity contribution in [3.05, 3.63) is 48.0 Å². The molecule has 29 heavy (non-hydrogen) atoms. The van der Waals surface area contributed by atoms with E-state index in [-0.39, 0.29) is 17.7 Å². The van der Waals surface area contributed by atoms with Crippen LogP contribution in [0.3, 0.4) is 0 Å². The molecule has 2 heterocycles. The minimum absolute atomic E-state index is 0.0579. The summed E-state index contributed by atoms with van der Waals surface area (Å²) in [6.45, 7) is 6.70. The lowest BCUT2D eigenvalue weighted by atomic mass is 10.0. The van der Waals surface area contributed by atoms with E-state index in [9.17, 15) is 9.59 Å². The Morgan fingerprint density at radius 3 is 2.59 bits per heavy atom. The number of amides is 2. The fraction of sp³-hybridized carbons (Fsp3) is 0.348. The quantitative estimate of drug-likeness (QED) is 0.657. The molecule has 0 bridgehead atoms. The molecule has 1 saturated heterocycles. The first kappa shape index (κ1) is 19.6. The first-order chi connectivity index (χ1) is 13.9. The monoisotopic (exact) mass is 407 g/mol. The number of hydrogen-bond acceptors (Lipinski definition) is 4. The van der Waals surface area contributed by atoms with Crippen LogP contribution in [0.15, 0.2) is 42.5 Å². The molecule has 1 unspecified atom stereocenters. The maximum Gasteiger partial charge on any atom is 0.247 e. The van der Waals surface area contributed by atoms with Gasteiger partial charge in [-0.25, -0.2) is 4.98 Å². The second-order valence-electron chi connectivity index (χ2n) is 7.94. The highest BCUT2D eigenvalue weighted by Gasteiger charge is 2.34. The zero-order chi connectivity index (χ0) is 20.5. The number of carbonyl (C=O) groups is 2. The van der Waals surface area contributed by atoms with Gasteiger partial charge in [-0.2, -0.15) is 0 Å². The van der Waals surface area contributed by atoms with Crippen LogP contribution in [0.2, 0.25) is 0 Å². The van der Waals surface area contributed by atoms with Crippen LogP contribution in [0, 0.1) is 12.8 Å². The molecule has 3 aromatic rings. The molecular weight excluding hydrogens is 382 g/mol.